The fourth-order valence-electron chi connectivity index (χ4n) is 5.07. The molecule has 7 nitrogen and oxygen atoms in total. The molecule has 5 rings (SSSR count). The summed E-state index contributed by atoms with van der Waals surface area (Å²) < 4.78 is 5.59. The van der Waals surface area contributed by atoms with E-state index >= 15 is 0 Å². The molecule has 0 N–H and O–H groups in total. The highest BCUT2D eigenvalue weighted by atomic mass is 16.5. The minimum absolute atomic E-state index is 0.0748. The Hall–Kier alpha value is -3.74. The summed E-state index contributed by atoms with van der Waals surface area (Å²) in [5, 5.41) is 0. The number of ether oxygens (including phenoxy) is 1. The van der Waals surface area contributed by atoms with Gasteiger partial charge >= 0.3 is 5.97 Å². The minimum Gasteiger partial charge on any atom is -0.426 e. The number of benzene rings is 2. The number of carbonyl (C=O) groups is 4. The van der Waals surface area contributed by atoms with Crippen molar-refractivity contribution in [2.75, 3.05) is 16.3 Å². The van der Waals surface area contributed by atoms with E-state index in [1.165, 1.54) is 11.0 Å². The maximum absolute atomic E-state index is 12.9. The molecule has 0 radical (unpaired) electrons. The van der Waals surface area contributed by atoms with Gasteiger partial charge < -0.3 is 9.64 Å². The third kappa shape index (κ3) is 3.71. The van der Waals surface area contributed by atoms with Crippen molar-refractivity contribution in [3.05, 3.63) is 65.7 Å². The molecule has 2 aromatic carbocycles. The van der Waals surface area contributed by atoms with Crippen LogP contribution >= 0.6 is 0 Å². The van der Waals surface area contributed by atoms with Crippen molar-refractivity contribution < 1.29 is 23.9 Å². The molecule has 2 saturated heterocycles. The molecule has 3 atom stereocenters. The third-order valence-corrected chi connectivity index (χ3v) is 7.13. The van der Waals surface area contributed by atoms with Gasteiger partial charge in [0.15, 0.2) is 0 Å². The highest BCUT2D eigenvalue weighted by Crippen LogP contribution is 2.38. The Kier molecular flexibility index (Phi) is 5.55. The zero-order valence-electron chi connectivity index (χ0n) is 19.2. The van der Waals surface area contributed by atoms with Gasteiger partial charge in [-0.1, -0.05) is 30.4 Å². The summed E-state index contributed by atoms with van der Waals surface area (Å²) in [4.78, 5) is 54.2. The van der Waals surface area contributed by atoms with Gasteiger partial charge in [-0.15, -0.1) is 0 Å². The monoisotopic (exact) mass is 458 g/mol. The quantitative estimate of drug-likeness (QED) is 0.302. The van der Waals surface area contributed by atoms with Crippen molar-refractivity contribution in [3.63, 3.8) is 0 Å². The van der Waals surface area contributed by atoms with Gasteiger partial charge in [0.25, 0.3) is 0 Å². The molecule has 2 aliphatic heterocycles. The van der Waals surface area contributed by atoms with Crippen molar-refractivity contribution in [3.8, 4) is 5.75 Å². The predicted molar refractivity (Wildman–Crippen MR) is 126 cm³/mol. The van der Waals surface area contributed by atoms with E-state index in [-0.39, 0.29) is 48.3 Å². The zero-order valence-corrected chi connectivity index (χ0v) is 19.2. The van der Waals surface area contributed by atoms with E-state index in [0.29, 0.717) is 18.5 Å². The van der Waals surface area contributed by atoms with Crippen LogP contribution in [0.3, 0.4) is 0 Å². The highest BCUT2D eigenvalue weighted by molar-refractivity contribution is 6.22. The topological polar surface area (TPSA) is 84.0 Å². The maximum atomic E-state index is 12.9. The molecular formula is C27H26N2O5. The van der Waals surface area contributed by atoms with Crippen LogP contribution in [0, 0.1) is 31.6 Å². The first kappa shape index (κ1) is 22.1. The van der Waals surface area contributed by atoms with Crippen LogP contribution in [-0.4, -0.2) is 30.2 Å². The highest BCUT2D eigenvalue weighted by Gasteiger charge is 2.48. The number of aryl methyl sites for hydroxylation is 1. The second kappa shape index (κ2) is 8.56. The number of anilines is 2. The Morgan fingerprint density at radius 2 is 1.62 bits per heavy atom. The van der Waals surface area contributed by atoms with Crippen molar-refractivity contribution >= 4 is 35.1 Å². The van der Waals surface area contributed by atoms with E-state index in [2.05, 4.69) is 0 Å². The lowest BCUT2D eigenvalue weighted by Gasteiger charge is -2.20. The first-order valence-corrected chi connectivity index (χ1v) is 11.6. The number of allylic oxidation sites excluding steroid dienone is 2. The van der Waals surface area contributed by atoms with Gasteiger partial charge in [-0.05, 0) is 56.0 Å². The molecule has 0 bridgehead atoms. The second-order valence-electron chi connectivity index (χ2n) is 9.21. The molecular weight excluding hydrogens is 432 g/mol. The molecule has 7 heteroatoms. The summed E-state index contributed by atoms with van der Waals surface area (Å²) in [6, 6.07) is 12.2. The summed E-state index contributed by atoms with van der Waals surface area (Å²) in [5.41, 5.74) is 3.29. The number of imide groups is 1. The molecule has 0 unspecified atom stereocenters. The number of hydrogen-bond acceptors (Lipinski definition) is 5. The van der Waals surface area contributed by atoms with Crippen LogP contribution in [0.2, 0.25) is 0 Å². The molecule has 1 aliphatic carbocycles. The molecule has 2 heterocycles. The van der Waals surface area contributed by atoms with Crippen LogP contribution in [0.5, 0.6) is 5.75 Å². The van der Waals surface area contributed by atoms with Crippen LogP contribution in [0.15, 0.2) is 54.6 Å². The molecule has 0 aromatic heterocycles. The number of esters is 1. The molecule has 2 fully saturated rings. The van der Waals surface area contributed by atoms with E-state index < -0.39 is 11.9 Å². The Balaban J connectivity index is 1.30. The van der Waals surface area contributed by atoms with Gasteiger partial charge in [0.05, 0.1) is 23.4 Å². The van der Waals surface area contributed by atoms with Crippen LogP contribution in [-0.2, 0) is 19.2 Å². The number of amides is 3. The van der Waals surface area contributed by atoms with Gasteiger partial charge in [-0.3, -0.25) is 19.2 Å². The number of carbonyl (C=O) groups excluding carboxylic acids is 4. The van der Waals surface area contributed by atoms with Crippen LogP contribution < -0.4 is 14.5 Å². The lowest BCUT2D eigenvalue weighted by molar-refractivity contribution is -0.139. The fourth-order valence-corrected chi connectivity index (χ4v) is 5.07. The minimum atomic E-state index is -0.597. The maximum Gasteiger partial charge on any atom is 0.316 e. The summed E-state index contributed by atoms with van der Waals surface area (Å²) in [5.74, 6) is -2.06. The SMILES string of the molecule is Cc1cccc(N2C[C@H](C(=O)Oc3cccc(N4C(=O)[C@@H]5CC=CC[C@H]5C4=O)c3)CC2=O)c1C. The molecule has 174 valence electrons. The Morgan fingerprint density at radius 1 is 0.941 bits per heavy atom. The largest absolute Gasteiger partial charge is 0.426 e. The van der Waals surface area contributed by atoms with Gasteiger partial charge in [0.2, 0.25) is 17.7 Å². The Labute approximate surface area is 198 Å². The normalized spacial score (nSPS) is 24.1. The van der Waals surface area contributed by atoms with Gasteiger partial charge in [-0.25, -0.2) is 4.90 Å². The third-order valence-electron chi connectivity index (χ3n) is 7.13. The summed E-state index contributed by atoms with van der Waals surface area (Å²) in [6.07, 6.45) is 5.09. The van der Waals surface area contributed by atoms with Crippen LogP contribution in [0.25, 0.3) is 0 Å². The lowest BCUT2D eigenvalue weighted by Crippen LogP contribution is -2.31. The number of rotatable bonds is 4. The first-order chi connectivity index (χ1) is 16.3. The average Bonchev–Trinajstić information content (AvgIpc) is 3.33. The summed E-state index contributed by atoms with van der Waals surface area (Å²) >= 11 is 0. The molecule has 34 heavy (non-hydrogen) atoms. The van der Waals surface area contributed by atoms with E-state index in [0.717, 1.165) is 16.8 Å². The number of fused-ring (bicyclic) bond motifs is 1. The van der Waals surface area contributed by atoms with E-state index in [1.807, 2.05) is 44.2 Å². The summed E-state index contributed by atoms with van der Waals surface area (Å²) in [7, 11) is 0. The Morgan fingerprint density at radius 3 is 2.32 bits per heavy atom. The van der Waals surface area contributed by atoms with Crippen LogP contribution in [0.4, 0.5) is 11.4 Å². The smallest absolute Gasteiger partial charge is 0.316 e. The standard InChI is InChI=1S/C27H26N2O5/c1-16-7-5-12-23(17(16)2)28-15-18(13-24(28)30)27(33)34-20-9-6-8-19(14-20)29-25(31)21-10-3-4-11-22(21)26(29)32/h3-9,12,14,18,21-22H,10-11,13,15H2,1-2H3/t18-,21-,22-/m1/s1. The average molecular weight is 459 g/mol. The van der Waals surface area contributed by atoms with Gasteiger partial charge in [0, 0.05) is 24.7 Å². The van der Waals surface area contributed by atoms with E-state index in [1.54, 1.807) is 23.1 Å². The number of nitrogens with zero attached hydrogens (tertiary/aromatic N) is 2. The van der Waals surface area contributed by atoms with Gasteiger partial charge in [0.1, 0.15) is 5.75 Å². The summed E-state index contributed by atoms with van der Waals surface area (Å²) in [6.45, 7) is 4.20. The van der Waals surface area contributed by atoms with Crippen molar-refractivity contribution in [2.24, 2.45) is 17.8 Å². The number of hydrogen-bond donors (Lipinski definition) is 0. The van der Waals surface area contributed by atoms with Gasteiger partial charge in [-0.2, -0.15) is 0 Å². The lowest BCUT2D eigenvalue weighted by atomic mass is 9.85. The van der Waals surface area contributed by atoms with Crippen molar-refractivity contribution in [2.45, 2.75) is 33.1 Å². The fraction of sp³-hybridized carbons (Fsp3) is 0.333. The van der Waals surface area contributed by atoms with Crippen LogP contribution in [0.1, 0.15) is 30.4 Å². The second-order valence-corrected chi connectivity index (χ2v) is 9.21. The molecule has 2 aromatic rings. The Bertz CT molecular complexity index is 1210. The van der Waals surface area contributed by atoms with E-state index in [4.69, 9.17) is 4.74 Å². The molecule has 0 saturated carbocycles. The molecule has 3 aliphatic rings. The predicted octanol–water partition coefficient (Wildman–Crippen LogP) is 3.72. The molecule has 0 spiro atoms. The van der Waals surface area contributed by atoms with Crippen molar-refractivity contribution in [1.29, 1.82) is 0 Å². The first-order valence-electron chi connectivity index (χ1n) is 11.6. The zero-order chi connectivity index (χ0) is 24.0. The van der Waals surface area contributed by atoms with Crippen molar-refractivity contribution in [1.82, 2.24) is 0 Å². The molecule has 3 amide bonds. The van der Waals surface area contributed by atoms with E-state index in [9.17, 15) is 19.2 Å².